The largest absolute Gasteiger partial charge is 1.00 e. The minimum Gasteiger partial charge on any atom is -0.545 e. The summed E-state index contributed by atoms with van der Waals surface area (Å²) in [5, 5.41) is 19.8. The summed E-state index contributed by atoms with van der Waals surface area (Å²) in [6.45, 7) is 4.45. The first-order chi connectivity index (χ1) is 9.10. The van der Waals surface area contributed by atoms with E-state index in [1.165, 1.54) is 6.92 Å². The Kier molecular flexibility index (Phi) is 6.86. The number of hydrogen-bond acceptors (Lipinski definition) is 7. The van der Waals surface area contributed by atoms with Crippen molar-refractivity contribution in [3.8, 4) is 0 Å². The van der Waals surface area contributed by atoms with E-state index < -0.39 is 49.2 Å². The zero-order chi connectivity index (χ0) is 15.4. The van der Waals surface area contributed by atoms with Gasteiger partial charge in [-0.3, -0.25) is 9.69 Å². The Hall–Kier alpha value is -0.420. The molecule has 2 aliphatic rings. The Labute approximate surface area is 170 Å². The third-order valence-electron chi connectivity index (χ3n) is 3.08. The van der Waals surface area contributed by atoms with Gasteiger partial charge < -0.3 is 19.8 Å². The van der Waals surface area contributed by atoms with E-state index in [0.29, 0.717) is 11.0 Å². The van der Waals surface area contributed by atoms with Gasteiger partial charge in [-0.05, 0) is 18.6 Å². The molecule has 0 unspecified atom stereocenters. The van der Waals surface area contributed by atoms with Gasteiger partial charge in [0.05, 0.1) is 28.1 Å². The van der Waals surface area contributed by atoms with Crippen LogP contribution in [0.5, 0.6) is 0 Å². The zero-order valence-corrected chi connectivity index (χ0v) is 16.9. The molecule has 1 fully saturated rings. The van der Waals surface area contributed by atoms with Crippen LogP contribution in [0.2, 0.25) is 0 Å². The first-order valence-corrected chi connectivity index (χ1v) is 6.77. The Morgan fingerprint density at radius 2 is 1.77 bits per heavy atom. The van der Waals surface area contributed by atoms with E-state index in [4.69, 9.17) is 0 Å². The molecule has 2 rings (SSSR count). The van der Waals surface area contributed by atoms with Gasteiger partial charge in [-0.1, -0.05) is 6.58 Å². The quantitative estimate of drug-likeness (QED) is 0.276. The average molecular weight is 343 g/mol. The molecule has 106 valence electrons. The number of β-lactam (4-membered cyclic amide) rings is 1. The van der Waals surface area contributed by atoms with E-state index in [1.54, 1.807) is 0 Å². The van der Waals surface area contributed by atoms with Gasteiger partial charge in [-0.25, -0.2) is 8.42 Å². The molecule has 0 aromatic rings. The molecule has 11 heteroatoms. The van der Waals surface area contributed by atoms with E-state index in [-0.39, 0.29) is 64.7 Å². The third kappa shape index (κ3) is 2.99. The standard InChI is InChI=1S/C11H9NO7S.2Na/c1-4-5(2)20(18,19)10-6(3-7(13)14)9(15)12(10)8(4)11(16)17;;/h3,10H,2H2,1H3,(H,13,14)(H,16,17);;/q;2*+1/p-2/b6-3-;;/t10-;;/m1../s1. The minimum atomic E-state index is -4.14. The molecule has 0 radical (unpaired) electrons. The first-order valence-electron chi connectivity index (χ1n) is 5.22. The summed E-state index contributed by atoms with van der Waals surface area (Å²) < 4.78 is 24.2. The molecule has 0 aromatic carbocycles. The average Bonchev–Trinajstić information content (AvgIpc) is 2.32. The first kappa shape index (κ1) is 21.6. The predicted molar refractivity (Wildman–Crippen MR) is 59.5 cm³/mol. The van der Waals surface area contributed by atoms with Gasteiger partial charge in [0.1, 0.15) is 0 Å². The maximum atomic E-state index is 12.1. The fourth-order valence-electron chi connectivity index (χ4n) is 2.12. The molecule has 1 amide bonds. The molecule has 1 saturated heterocycles. The number of sulfone groups is 1. The van der Waals surface area contributed by atoms with Crippen LogP contribution >= 0.6 is 0 Å². The monoisotopic (exact) mass is 343 g/mol. The van der Waals surface area contributed by atoms with Crippen LogP contribution in [0.25, 0.3) is 0 Å². The third-order valence-corrected chi connectivity index (χ3v) is 5.13. The number of carboxylic acids is 2. The van der Waals surface area contributed by atoms with Crippen molar-refractivity contribution < 1.29 is 92.1 Å². The summed E-state index contributed by atoms with van der Waals surface area (Å²) in [6.07, 6.45) is 0.335. The van der Waals surface area contributed by atoms with Crippen molar-refractivity contribution in [3.63, 3.8) is 0 Å². The number of amides is 1. The molecular weight excluding hydrogens is 336 g/mol. The van der Waals surface area contributed by atoms with Crippen molar-refractivity contribution >= 4 is 27.7 Å². The summed E-state index contributed by atoms with van der Waals surface area (Å²) in [4.78, 5) is 33.2. The molecule has 22 heavy (non-hydrogen) atoms. The van der Waals surface area contributed by atoms with Crippen LogP contribution in [-0.2, 0) is 24.2 Å². The smallest absolute Gasteiger partial charge is 0.545 e. The molecule has 0 aromatic heterocycles. The van der Waals surface area contributed by atoms with Crippen LogP contribution in [-0.4, -0.2) is 36.5 Å². The molecular formula is C11H7NNa2O7S. The van der Waals surface area contributed by atoms with E-state index >= 15 is 0 Å². The summed E-state index contributed by atoms with van der Waals surface area (Å²) in [6, 6.07) is 0. The van der Waals surface area contributed by atoms with Crippen molar-refractivity contribution in [2.75, 3.05) is 0 Å². The minimum absolute atomic E-state index is 0. The molecule has 0 N–H and O–H groups in total. The van der Waals surface area contributed by atoms with Crippen LogP contribution in [0, 0.1) is 0 Å². The number of carbonyl (C=O) groups is 3. The number of aliphatic carboxylic acids is 2. The van der Waals surface area contributed by atoms with Crippen molar-refractivity contribution in [2.24, 2.45) is 0 Å². The van der Waals surface area contributed by atoms with Crippen molar-refractivity contribution in [1.29, 1.82) is 0 Å². The normalized spacial score (nSPS) is 24.0. The Morgan fingerprint density at radius 1 is 1.27 bits per heavy atom. The van der Waals surface area contributed by atoms with Gasteiger partial charge in [0.15, 0.2) is 5.37 Å². The molecule has 0 spiro atoms. The number of hydrogen-bond donors (Lipinski definition) is 0. The number of nitrogens with zero attached hydrogens (tertiary/aromatic N) is 1. The van der Waals surface area contributed by atoms with Crippen LogP contribution in [0.1, 0.15) is 6.92 Å². The second-order valence-electron chi connectivity index (χ2n) is 4.18. The van der Waals surface area contributed by atoms with Gasteiger partial charge in [0.25, 0.3) is 5.91 Å². The number of carbonyl (C=O) groups excluding carboxylic acids is 3. The summed E-state index contributed by atoms with van der Waals surface area (Å²) in [5.41, 5.74) is -1.42. The van der Waals surface area contributed by atoms with E-state index in [9.17, 15) is 33.0 Å². The van der Waals surface area contributed by atoms with Crippen molar-refractivity contribution in [1.82, 2.24) is 4.90 Å². The molecule has 1 atom stereocenters. The Morgan fingerprint density at radius 3 is 2.18 bits per heavy atom. The second kappa shape index (κ2) is 7.00. The topological polar surface area (TPSA) is 135 Å². The molecule has 0 bridgehead atoms. The van der Waals surface area contributed by atoms with E-state index in [1.807, 2.05) is 0 Å². The molecule has 2 aliphatic heterocycles. The summed E-state index contributed by atoms with van der Waals surface area (Å²) in [5.74, 6) is -4.53. The van der Waals surface area contributed by atoms with Crippen LogP contribution in [0.15, 0.2) is 34.4 Å². The van der Waals surface area contributed by atoms with Gasteiger partial charge >= 0.3 is 59.1 Å². The number of carboxylic acid groups (broad SMARTS) is 2. The van der Waals surface area contributed by atoms with Crippen LogP contribution in [0.4, 0.5) is 0 Å². The van der Waals surface area contributed by atoms with Gasteiger partial charge in [0, 0.05) is 0 Å². The molecule has 2 heterocycles. The second-order valence-corrected chi connectivity index (χ2v) is 6.20. The Bertz CT molecular complexity index is 750. The summed E-state index contributed by atoms with van der Waals surface area (Å²) >= 11 is 0. The maximum absolute atomic E-state index is 12.1. The van der Waals surface area contributed by atoms with E-state index in [2.05, 4.69) is 6.58 Å². The van der Waals surface area contributed by atoms with Crippen LogP contribution in [0.3, 0.4) is 0 Å². The van der Waals surface area contributed by atoms with Gasteiger partial charge in [0.2, 0.25) is 9.84 Å². The van der Waals surface area contributed by atoms with Crippen LogP contribution < -0.4 is 69.3 Å². The Balaban J connectivity index is 0.00000220. The number of fused-ring (bicyclic) bond motifs is 1. The zero-order valence-electron chi connectivity index (χ0n) is 12.1. The number of rotatable bonds is 2. The maximum Gasteiger partial charge on any atom is 1.00 e. The molecule has 0 aliphatic carbocycles. The fourth-order valence-corrected chi connectivity index (χ4v) is 3.90. The summed E-state index contributed by atoms with van der Waals surface area (Å²) in [7, 11) is -4.14. The number of allylic oxidation sites excluding steroid dienone is 1. The molecule has 0 saturated carbocycles. The van der Waals surface area contributed by atoms with Crippen molar-refractivity contribution in [2.45, 2.75) is 12.3 Å². The van der Waals surface area contributed by atoms with Crippen molar-refractivity contribution in [3.05, 3.63) is 34.4 Å². The predicted octanol–water partition coefficient (Wildman–Crippen LogP) is -9.20. The van der Waals surface area contributed by atoms with E-state index in [0.717, 1.165) is 0 Å². The van der Waals surface area contributed by atoms with Gasteiger partial charge in [-0.2, -0.15) is 0 Å². The molecule has 8 nitrogen and oxygen atoms in total. The fraction of sp³-hybridized carbons (Fsp3) is 0.182. The van der Waals surface area contributed by atoms with Gasteiger partial charge in [-0.15, -0.1) is 0 Å². The SMILES string of the molecule is C=C1C(C)=C(C(=O)[O-])N2C(=O)/C(=C/C(=O)[O-])[C@H]2S1(=O)=O.[Na+].[Na+].